The highest BCUT2D eigenvalue weighted by atomic mass is 32.2. The third kappa shape index (κ3) is 7.64. The zero-order chi connectivity index (χ0) is 21.2. The lowest BCUT2D eigenvalue weighted by molar-refractivity contribution is -0.118. The monoisotopic (exact) mass is 433 g/mol. The summed E-state index contributed by atoms with van der Waals surface area (Å²) in [5, 5.41) is 2.56. The number of pyridine rings is 1. The van der Waals surface area contributed by atoms with Gasteiger partial charge in [-0.2, -0.15) is 0 Å². The maximum atomic E-state index is 12.0. The highest BCUT2D eigenvalue weighted by Gasteiger charge is 2.17. The van der Waals surface area contributed by atoms with Crippen molar-refractivity contribution in [2.24, 2.45) is 0 Å². The minimum Gasteiger partial charge on any atom is -0.473 e. The first-order valence-corrected chi connectivity index (χ1v) is 11.8. The van der Waals surface area contributed by atoms with E-state index in [0.717, 1.165) is 19.6 Å². The first kappa shape index (κ1) is 22.0. The second-order valence-electron chi connectivity index (χ2n) is 7.24. The van der Waals surface area contributed by atoms with Crippen molar-refractivity contribution in [3.8, 4) is 5.88 Å². The molecule has 2 aromatic heterocycles. The van der Waals surface area contributed by atoms with Crippen LogP contribution in [-0.4, -0.2) is 56.2 Å². The van der Waals surface area contributed by atoms with Crippen molar-refractivity contribution in [1.82, 2.24) is 15.2 Å². The van der Waals surface area contributed by atoms with Gasteiger partial charge in [-0.15, -0.1) is 0 Å². The molecule has 1 aliphatic heterocycles. The van der Waals surface area contributed by atoms with Crippen molar-refractivity contribution in [2.45, 2.75) is 25.1 Å². The number of nitrogens with one attached hydrogen (secondary N) is 1. The molecule has 0 radical (unpaired) electrons. The van der Waals surface area contributed by atoms with Crippen molar-refractivity contribution in [3.05, 3.63) is 60.2 Å². The number of rotatable bonds is 11. The fourth-order valence-electron chi connectivity index (χ4n) is 3.21. The van der Waals surface area contributed by atoms with E-state index in [1.807, 2.05) is 12.1 Å². The second kappa shape index (κ2) is 10.9. The fourth-order valence-corrected chi connectivity index (χ4v) is 4.49. The number of nitrogens with zero attached hydrogens (tertiary/aromatic N) is 2. The van der Waals surface area contributed by atoms with E-state index in [1.165, 1.54) is 30.9 Å². The predicted molar refractivity (Wildman–Crippen MR) is 113 cm³/mol. The average Bonchev–Trinajstić information content (AvgIpc) is 3.38. The highest BCUT2D eigenvalue weighted by molar-refractivity contribution is 7.91. The molecule has 0 unspecified atom stereocenters. The minimum absolute atomic E-state index is 0.218. The third-order valence-electron chi connectivity index (χ3n) is 4.63. The molecule has 3 heterocycles. The maximum Gasteiger partial charge on any atom is 0.235 e. The highest BCUT2D eigenvalue weighted by Crippen LogP contribution is 2.15. The largest absolute Gasteiger partial charge is 0.473 e. The number of carbonyl (C=O) groups excluding carboxylic acids is 1. The second-order valence-corrected chi connectivity index (χ2v) is 9.30. The van der Waals surface area contributed by atoms with Crippen LogP contribution >= 0.6 is 0 Å². The van der Waals surface area contributed by atoms with Crippen molar-refractivity contribution in [1.29, 1.82) is 0 Å². The van der Waals surface area contributed by atoms with Crippen LogP contribution in [0.25, 0.3) is 0 Å². The number of hydrogen-bond acceptors (Lipinski definition) is 7. The molecule has 0 aliphatic carbocycles. The zero-order valence-corrected chi connectivity index (χ0v) is 17.6. The van der Waals surface area contributed by atoms with Crippen molar-refractivity contribution in [3.63, 3.8) is 0 Å². The van der Waals surface area contributed by atoms with E-state index in [4.69, 9.17) is 9.15 Å². The number of carbonyl (C=O) groups is 1. The molecule has 1 aliphatic rings. The summed E-state index contributed by atoms with van der Waals surface area (Å²) < 4.78 is 34.4. The van der Waals surface area contributed by atoms with Gasteiger partial charge in [0.2, 0.25) is 11.8 Å². The molecule has 1 fully saturated rings. The fraction of sp³-hybridized carbons (Fsp3) is 0.429. The number of likely N-dealkylation sites (tertiary alicyclic amines) is 1. The summed E-state index contributed by atoms with van der Waals surface area (Å²) >= 11 is 0. The first-order chi connectivity index (χ1) is 14.5. The van der Waals surface area contributed by atoms with E-state index in [-0.39, 0.29) is 12.3 Å². The van der Waals surface area contributed by atoms with E-state index < -0.39 is 21.5 Å². The van der Waals surface area contributed by atoms with E-state index in [2.05, 4.69) is 15.2 Å². The van der Waals surface area contributed by atoms with Gasteiger partial charge < -0.3 is 14.5 Å². The molecule has 9 heteroatoms. The number of ether oxygens (including phenoxy) is 1. The van der Waals surface area contributed by atoms with E-state index in [9.17, 15) is 13.2 Å². The van der Waals surface area contributed by atoms with Crippen molar-refractivity contribution >= 4 is 15.7 Å². The van der Waals surface area contributed by atoms with Gasteiger partial charge in [-0.25, -0.2) is 13.4 Å². The topological polar surface area (TPSA) is 102 Å². The van der Waals surface area contributed by atoms with Gasteiger partial charge in [0.1, 0.15) is 12.4 Å². The molecular weight excluding hydrogens is 406 g/mol. The van der Waals surface area contributed by atoms with Crippen LogP contribution in [0.1, 0.15) is 24.0 Å². The third-order valence-corrected chi connectivity index (χ3v) is 6.11. The molecule has 0 bridgehead atoms. The van der Waals surface area contributed by atoms with E-state index in [1.54, 1.807) is 24.4 Å². The molecule has 1 amide bonds. The van der Waals surface area contributed by atoms with Gasteiger partial charge >= 0.3 is 0 Å². The average molecular weight is 434 g/mol. The lowest BCUT2D eigenvalue weighted by Gasteiger charge is -2.14. The van der Waals surface area contributed by atoms with Crippen LogP contribution in [0.5, 0.6) is 5.88 Å². The molecule has 0 saturated carbocycles. The molecule has 30 heavy (non-hydrogen) atoms. The Balaban J connectivity index is 1.33. The van der Waals surface area contributed by atoms with Gasteiger partial charge in [-0.1, -0.05) is 6.08 Å². The van der Waals surface area contributed by atoms with Crippen molar-refractivity contribution < 1.29 is 22.4 Å². The Bertz CT molecular complexity index is 935. The Hall–Kier alpha value is -2.65. The standard InChI is InChI=1S/C21H27N3O5S/c25-20(17-30(26,27)16-19-6-12-28-15-19)22-7-1-4-11-29-21-13-18(5-8-23-21)14-24-9-2-3-10-24/h1,4-6,8,12-13,15H,2-3,7,9-11,14,16-17H2,(H,22,25)/b4-1+. The first-order valence-electron chi connectivity index (χ1n) is 9.93. The summed E-state index contributed by atoms with van der Waals surface area (Å²) in [6.07, 6.45) is 10.5. The Morgan fingerprint density at radius 2 is 2.07 bits per heavy atom. The summed E-state index contributed by atoms with van der Waals surface area (Å²) in [6.45, 7) is 3.72. The van der Waals surface area contributed by atoms with E-state index >= 15 is 0 Å². The number of hydrogen-bond donors (Lipinski definition) is 1. The number of sulfone groups is 1. The summed E-state index contributed by atoms with van der Waals surface area (Å²) in [5.41, 5.74) is 1.70. The van der Waals surface area contributed by atoms with Crippen LogP contribution in [0.4, 0.5) is 0 Å². The molecule has 0 atom stereocenters. The quantitative estimate of drug-likeness (QED) is 0.540. The van der Waals surface area contributed by atoms with Crippen LogP contribution in [0.15, 0.2) is 53.5 Å². The summed E-state index contributed by atoms with van der Waals surface area (Å²) in [7, 11) is -3.53. The number of furan rings is 1. The lowest BCUT2D eigenvalue weighted by atomic mass is 10.2. The SMILES string of the molecule is O=C(CS(=O)(=O)Cc1ccoc1)NC/C=C/COc1cc(CN2CCCC2)ccn1. The molecule has 0 aromatic carbocycles. The zero-order valence-electron chi connectivity index (χ0n) is 16.8. The van der Waals surface area contributed by atoms with Gasteiger partial charge in [0.25, 0.3) is 0 Å². The van der Waals surface area contributed by atoms with Crippen LogP contribution in [-0.2, 0) is 26.9 Å². The smallest absolute Gasteiger partial charge is 0.235 e. The Kier molecular flexibility index (Phi) is 8.04. The van der Waals surface area contributed by atoms with Gasteiger partial charge in [0, 0.05) is 30.9 Å². The van der Waals surface area contributed by atoms with Crippen molar-refractivity contribution in [2.75, 3.05) is 32.0 Å². The van der Waals surface area contributed by atoms with Gasteiger partial charge in [0.15, 0.2) is 9.84 Å². The van der Waals surface area contributed by atoms with Crippen LogP contribution in [0, 0.1) is 0 Å². The summed E-state index contributed by atoms with van der Waals surface area (Å²) in [5.74, 6) is -0.758. The molecule has 162 valence electrons. The van der Waals surface area contributed by atoms with Crippen LogP contribution in [0.3, 0.4) is 0 Å². The normalized spacial score (nSPS) is 14.9. The Labute approximate surface area is 176 Å². The lowest BCUT2D eigenvalue weighted by Crippen LogP contribution is -2.30. The molecule has 2 aromatic rings. The van der Waals surface area contributed by atoms with Gasteiger partial charge in [-0.05, 0) is 49.7 Å². The molecule has 8 nitrogen and oxygen atoms in total. The van der Waals surface area contributed by atoms with Crippen LogP contribution in [0.2, 0.25) is 0 Å². The molecule has 1 N–H and O–H groups in total. The Morgan fingerprint density at radius 3 is 2.83 bits per heavy atom. The molecule has 3 rings (SSSR count). The molecule has 1 saturated heterocycles. The molecular formula is C21H27N3O5S. The van der Waals surface area contributed by atoms with Gasteiger partial charge in [-0.3, -0.25) is 9.69 Å². The number of aromatic nitrogens is 1. The molecule has 0 spiro atoms. The minimum atomic E-state index is -3.53. The summed E-state index contributed by atoms with van der Waals surface area (Å²) in [6, 6.07) is 5.51. The van der Waals surface area contributed by atoms with E-state index in [0.29, 0.717) is 18.1 Å². The number of amides is 1. The van der Waals surface area contributed by atoms with Gasteiger partial charge in [0.05, 0.1) is 18.3 Å². The van der Waals surface area contributed by atoms with Crippen LogP contribution < -0.4 is 10.1 Å². The Morgan fingerprint density at radius 1 is 1.23 bits per heavy atom. The summed E-state index contributed by atoms with van der Waals surface area (Å²) in [4.78, 5) is 18.5. The maximum absolute atomic E-state index is 12.0. The predicted octanol–water partition coefficient (Wildman–Crippen LogP) is 1.94.